The van der Waals surface area contributed by atoms with Gasteiger partial charge in [-0.05, 0) is 62.1 Å². The molecule has 2 unspecified atom stereocenters. The maximum atomic E-state index is 10.6. The Morgan fingerprint density at radius 3 is 2.60 bits per heavy atom. The summed E-state index contributed by atoms with van der Waals surface area (Å²) in [5.74, 6) is 0.742. The molecule has 1 aliphatic carbocycles. The highest BCUT2D eigenvalue weighted by Crippen LogP contribution is 2.49. The van der Waals surface area contributed by atoms with E-state index in [2.05, 4.69) is 13.8 Å². The van der Waals surface area contributed by atoms with Gasteiger partial charge in [-0.15, -0.1) is 0 Å². The maximum Gasteiger partial charge on any atom is 0.188 e. The fourth-order valence-corrected chi connectivity index (χ4v) is 5.26. The largest absolute Gasteiger partial charge is 0.432 e. The molecule has 3 aliphatic rings. The highest BCUT2D eigenvalue weighted by molar-refractivity contribution is 6.72. The normalized spacial score (nSPS) is 39.6. The predicted octanol–water partition coefficient (Wildman–Crippen LogP) is 3.40. The quantitative estimate of drug-likeness (QED) is 0.700. The predicted molar refractivity (Wildman–Crippen MR) is 98.5 cm³/mol. The second kappa shape index (κ2) is 7.56. The second-order valence-electron chi connectivity index (χ2n) is 9.38. The van der Waals surface area contributed by atoms with E-state index in [1.165, 1.54) is 6.42 Å². The first kappa shape index (κ1) is 19.8. The number of aliphatic hydroxyl groups excluding tert-OH is 1. The van der Waals surface area contributed by atoms with Crippen molar-refractivity contribution in [1.82, 2.24) is 0 Å². The van der Waals surface area contributed by atoms with Crippen LogP contribution in [-0.4, -0.2) is 49.6 Å². The molecule has 6 heteroatoms. The lowest BCUT2D eigenvalue weighted by Gasteiger charge is -2.37. The van der Waals surface area contributed by atoms with Crippen LogP contribution in [0.5, 0.6) is 0 Å². The first-order valence-corrected chi connectivity index (χ1v) is 12.9. The Bertz CT molecular complexity index is 444. The van der Waals surface area contributed by atoms with Gasteiger partial charge in [0, 0.05) is 19.4 Å². The fourth-order valence-electron chi connectivity index (χ4n) is 4.51. The Morgan fingerprint density at radius 2 is 1.96 bits per heavy atom. The lowest BCUT2D eigenvalue weighted by molar-refractivity contribution is -0.200. The second-order valence-corrected chi connectivity index (χ2v) is 13.9. The van der Waals surface area contributed by atoms with E-state index in [-0.39, 0.29) is 23.5 Å². The zero-order valence-electron chi connectivity index (χ0n) is 16.2. The van der Waals surface area contributed by atoms with Crippen molar-refractivity contribution in [3.8, 4) is 0 Å². The Balaban J connectivity index is 1.65. The van der Waals surface area contributed by atoms with Gasteiger partial charge >= 0.3 is 0 Å². The minimum absolute atomic E-state index is 0.0327. The lowest BCUT2D eigenvalue weighted by Crippen LogP contribution is -2.40. The summed E-state index contributed by atoms with van der Waals surface area (Å²) in [4.78, 5) is 10.6. The monoisotopic (exact) mass is 372 g/mol. The summed E-state index contributed by atoms with van der Waals surface area (Å²) in [6, 6.07) is 0. The summed E-state index contributed by atoms with van der Waals surface area (Å²) >= 11 is 0. The standard InChI is InChI=1S/C19H36O5Si/c1-19(2,25(3,4)21)9-8-13-14-11-17(20)23-16(14)12-15(13)24-18-7-5-6-10-22-18/h13-18,20-21H,5-12H2,1-4H3/t13-,14-,15-,16+,17?,18?/m1/s1. The molecule has 2 N–H and O–H groups in total. The van der Waals surface area contributed by atoms with E-state index in [1.807, 2.05) is 13.1 Å². The van der Waals surface area contributed by atoms with E-state index in [9.17, 15) is 9.90 Å². The van der Waals surface area contributed by atoms with Gasteiger partial charge in [0.25, 0.3) is 0 Å². The van der Waals surface area contributed by atoms with Crippen LogP contribution in [0, 0.1) is 11.8 Å². The minimum atomic E-state index is -2.21. The average Bonchev–Trinajstić information content (AvgIpc) is 3.01. The Morgan fingerprint density at radius 1 is 1.20 bits per heavy atom. The molecule has 5 nitrogen and oxygen atoms in total. The highest BCUT2D eigenvalue weighted by Gasteiger charge is 2.51. The van der Waals surface area contributed by atoms with E-state index in [1.54, 1.807) is 0 Å². The molecule has 2 heterocycles. The zero-order valence-corrected chi connectivity index (χ0v) is 17.2. The highest BCUT2D eigenvalue weighted by atomic mass is 28.4. The van der Waals surface area contributed by atoms with Gasteiger partial charge in [-0.1, -0.05) is 13.8 Å². The zero-order chi connectivity index (χ0) is 18.2. The van der Waals surface area contributed by atoms with E-state index in [0.29, 0.717) is 18.3 Å². The first-order valence-electron chi connectivity index (χ1n) is 10.0. The molecule has 0 aromatic heterocycles. The molecule has 25 heavy (non-hydrogen) atoms. The van der Waals surface area contributed by atoms with Crippen LogP contribution in [0.4, 0.5) is 0 Å². The molecule has 0 spiro atoms. The molecule has 3 fully saturated rings. The van der Waals surface area contributed by atoms with E-state index in [0.717, 1.165) is 38.7 Å². The summed E-state index contributed by atoms with van der Waals surface area (Å²) < 4.78 is 17.9. The summed E-state index contributed by atoms with van der Waals surface area (Å²) in [5, 5.41) is 9.86. The van der Waals surface area contributed by atoms with Crippen LogP contribution in [0.1, 0.15) is 58.8 Å². The molecule has 1 saturated carbocycles. The summed E-state index contributed by atoms with van der Waals surface area (Å²) in [6.45, 7) is 9.21. The summed E-state index contributed by atoms with van der Waals surface area (Å²) in [7, 11) is -2.21. The van der Waals surface area contributed by atoms with Crippen LogP contribution in [-0.2, 0) is 14.2 Å². The van der Waals surface area contributed by atoms with Crippen molar-refractivity contribution in [3.63, 3.8) is 0 Å². The van der Waals surface area contributed by atoms with Crippen LogP contribution in [0.3, 0.4) is 0 Å². The topological polar surface area (TPSA) is 68.2 Å². The van der Waals surface area contributed by atoms with Crippen molar-refractivity contribution in [2.45, 2.75) is 102 Å². The van der Waals surface area contributed by atoms with Crippen LogP contribution in [0.25, 0.3) is 0 Å². The number of rotatable bonds is 6. The third-order valence-corrected chi connectivity index (χ3v) is 10.6. The first-order chi connectivity index (χ1) is 11.7. The van der Waals surface area contributed by atoms with Crippen molar-refractivity contribution < 1.29 is 24.1 Å². The average molecular weight is 373 g/mol. The Labute approximate surface area is 153 Å². The molecular formula is C19H36O5Si. The molecule has 0 aromatic rings. The fraction of sp³-hybridized carbons (Fsp3) is 1.00. The molecule has 2 saturated heterocycles. The van der Waals surface area contributed by atoms with Crippen LogP contribution in [0.15, 0.2) is 0 Å². The van der Waals surface area contributed by atoms with Crippen LogP contribution < -0.4 is 0 Å². The van der Waals surface area contributed by atoms with Gasteiger partial charge < -0.3 is 24.1 Å². The minimum Gasteiger partial charge on any atom is -0.432 e. The summed E-state index contributed by atoms with van der Waals surface area (Å²) in [5.41, 5.74) is 0. The van der Waals surface area contributed by atoms with Crippen LogP contribution >= 0.6 is 0 Å². The van der Waals surface area contributed by atoms with Crippen molar-refractivity contribution in [1.29, 1.82) is 0 Å². The number of hydrogen-bond donors (Lipinski definition) is 2. The van der Waals surface area contributed by atoms with Crippen molar-refractivity contribution in [3.05, 3.63) is 0 Å². The van der Waals surface area contributed by atoms with Gasteiger partial charge in [-0.2, -0.15) is 0 Å². The van der Waals surface area contributed by atoms with Crippen molar-refractivity contribution in [2.24, 2.45) is 11.8 Å². The Hall–Kier alpha value is 0.0169. The maximum absolute atomic E-state index is 10.6. The van der Waals surface area contributed by atoms with Gasteiger partial charge in [0.1, 0.15) is 0 Å². The van der Waals surface area contributed by atoms with Gasteiger partial charge in [-0.25, -0.2) is 0 Å². The lowest BCUT2D eigenvalue weighted by atomic mass is 9.86. The third-order valence-electron chi connectivity index (χ3n) is 7.00. The molecular weight excluding hydrogens is 336 g/mol. The number of fused-ring (bicyclic) bond motifs is 1. The van der Waals surface area contributed by atoms with Gasteiger partial charge in [0.2, 0.25) is 0 Å². The number of ether oxygens (including phenoxy) is 3. The molecule has 0 aromatic carbocycles. The van der Waals surface area contributed by atoms with Gasteiger partial charge in [-0.3, -0.25) is 0 Å². The molecule has 3 rings (SSSR count). The molecule has 0 amide bonds. The molecule has 0 radical (unpaired) electrons. The van der Waals surface area contributed by atoms with Gasteiger partial charge in [0.15, 0.2) is 20.9 Å². The van der Waals surface area contributed by atoms with Crippen molar-refractivity contribution in [2.75, 3.05) is 6.61 Å². The van der Waals surface area contributed by atoms with E-state index in [4.69, 9.17) is 14.2 Å². The van der Waals surface area contributed by atoms with E-state index < -0.39 is 14.6 Å². The van der Waals surface area contributed by atoms with E-state index >= 15 is 0 Å². The Kier molecular flexibility index (Phi) is 5.98. The molecule has 2 aliphatic heterocycles. The van der Waals surface area contributed by atoms with Crippen LogP contribution in [0.2, 0.25) is 18.1 Å². The number of hydrogen-bond acceptors (Lipinski definition) is 5. The van der Waals surface area contributed by atoms with Gasteiger partial charge in [0.05, 0.1) is 12.2 Å². The summed E-state index contributed by atoms with van der Waals surface area (Å²) in [6.07, 6.45) is 6.37. The number of aliphatic hydroxyl groups is 1. The third kappa shape index (κ3) is 4.47. The molecule has 6 atom stereocenters. The van der Waals surface area contributed by atoms with Crippen molar-refractivity contribution >= 4 is 8.32 Å². The molecule has 146 valence electrons. The SMILES string of the molecule is CC(C)(CC[C@@H]1[C@H]2CC(O)O[C@H]2C[C@H]1OC1CCCCO1)[Si](C)(C)O. The smallest absolute Gasteiger partial charge is 0.188 e. The molecule has 0 bridgehead atoms.